The van der Waals surface area contributed by atoms with Crippen molar-refractivity contribution < 1.29 is 4.79 Å². The largest absolute Gasteiger partial charge is 0.292 e. The van der Waals surface area contributed by atoms with Crippen molar-refractivity contribution in [2.45, 2.75) is 20.8 Å². The first-order valence-electron chi connectivity index (χ1n) is 9.02. The molecule has 1 aromatic heterocycles. The molecule has 0 radical (unpaired) electrons. The molecule has 0 aliphatic carbocycles. The minimum Gasteiger partial charge on any atom is -0.266 e. The normalized spacial score (nSPS) is 10.8. The van der Waals surface area contributed by atoms with Gasteiger partial charge in [-0.2, -0.15) is 20.1 Å². The van der Waals surface area contributed by atoms with Gasteiger partial charge < -0.3 is 0 Å². The van der Waals surface area contributed by atoms with Crippen LogP contribution in [0.2, 0.25) is 0 Å². The summed E-state index contributed by atoms with van der Waals surface area (Å²) in [5, 5.41) is 17.6. The van der Waals surface area contributed by atoms with E-state index < -0.39 is 11.5 Å². The maximum Gasteiger partial charge on any atom is 0.292 e. The maximum absolute atomic E-state index is 12.7. The Morgan fingerprint density at radius 2 is 1.87 bits per heavy atom. The summed E-state index contributed by atoms with van der Waals surface area (Å²) in [6.07, 6.45) is 1.49. The topological polar surface area (TPSA) is 100 Å². The fourth-order valence-electron chi connectivity index (χ4n) is 2.75. The highest BCUT2D eigenvalue weighted by molar-refractivity contribution is 9.10. The van der Waals surface area contributed by atoms with E-state index in [1.807, 2.05) is 50.2 Å². The standard InChI is InChI=1S/C22H18BrN5O2/c1-13-4-9-18(10-14(13)2)28-22(30)19(11-24)15(3)20(27-28)21(29)26-25-12-16-5-7-17(23)8-6-16/h4-10,12H,1-3H3,(H,26,29)/b25-12+. The Morgan fingerprint density at radius 1 is 1.17 bits per heavy atom. The summed E-state index contributed by atoms with van der Waals surface area (Å²) in [7, 11) is 0. The molecule has 1 heterocycles. The van der Waals surface area contributed by atoms with Crippen molar-refractivity contribution in [3.05, 3.63) is 90.8 Å². The van der Waals surface area contributed by atoms with E-state index in [-0.39, 0.29) is 16.8 Å². The van der Waals surface area contributed by atoms with Crippen molar-refractivity contribution in [1.29, 1.82) is 5.26 Å². The van der Waals surface area contributed by atoms with Gasteiger partial charge in [0.25, 0.3) is 11.5 Å². The summed E-state index contributed by atoms with van der Waals surface area (Å²) in [5.41, 5.74) is 5.15. The second kappa shape index (κ2) is 8.84. The van der Waals surface area contributed by atoms with Crippen molar-refractivity contribution >= 4 is 28.1 Å². The summed E-state index contributed by atoms with van der Waals surface area (Å²) >= 11 is 3.35. The molecule has 0 aliphatic rings. The first-order valence-corrected chi connectivity index (χ1v) is 9.81. The van der Waals surface area contributed by atoms with E-state index in [1.165, 1.54) is 13.1 Å². The summed E-state index contributed by atoms with van der Waals surface area (Å²) in [6.45, 7) is 5.38. The monoisotopic (exact) mass is 463 g/mol. The van der Waals surface area contributed by atoms with Gasteiger partial charge in [-0.1, -0.05) is 34.1 Å². The lowest BCUT2D eigenvalue weighted by atomic mass is 10.1. The Balaban J connectivity index is 1.98. The van der Waals surface area contributed by atoms with Crippen LogP contribution in [-0.2, 0) is 0 Å². The number of carbonyl (C=O) groups is 1. The van der Waals surface area contributed by atoms with E-state index in [4.69, 9.17) is 0 Å². The van der Waals surface area contributed by atoms with E-state index in [2.05, 4.69) is 31.6 Å². The molecule has 0 fully saturated rings. The van der Waals surface area contributed by atoms with Gasteiger partial charge in [-0.05, 0) is 61.7 Å². The fourth-order valence-corrected chi connectivity index (χ4v) is 3.02. The first kappa shape index (κ1) is 21.1. The number of nitrogens with zero attached hydrogens (tertiary/aromatic N) is 4. The molecule has 8 heteroatoms. The van der Waals surface area contributed by atoms with Crippen LogP contribution in [0.5, 0.6) is 0 Å². The van der Waals surface area contributed by atoms with E-state index in [9.17, 15) is 14.9 Å². The fraction of sp³-hybridized carbons (Fsp3) is 0.136. The van der Waals surface area contributed by atoms with Gasteiger partial charge in [0.1, 0.15) is 11.6 Å². The molecule has 150 valence electrons. The number of nitriles is 1. The van der Waals surface area contributed by atoms with Crippen molar-refractivity contribution in [1.82, 2.24) is 15.2 Å². The lowest BCUT2D eigenvalue weighted by Gasteiger charge is -2.11. The molecule has 3 aromatic rings. The molecule has 7 nitrogen and oxygen atoms in total. The smallest absolute Gasteiger partial charge is 0.266 e. The molecule has 3 rings (SSSR count). The minimum atomic E-state index is -0.616. The quantitative estimate of drug-likeness (QED) is 0.472. The Hall–Kier alpha value is -3.57. The summed E-state index contributed by atoms with van der Waals surface area (Å²) in [6, 6.07) is 14.6. The third-order valence-electron chi connectivity index (χ3n) is 4.65. The predicted octanol–water partition coefficient (Wildman–Crippen LogP) is 3.56. The zero-order valence-corrected chi connectivity index (χ0v) is 18.2. The zero-order valence-electron chi connectivity index (χ0n) is 16.6. The molecule has 30 heavy (non-hydrogen) atoms. The Kier molecular flexibility index (Phi) is 6.23. The van der Waals surface area contributed by atoms with Crippen LogP contribution >= 0.6 is 15.9 Å². The number of carbonyl (C=O) groups excluding carboxylic acids is 1. The predicted molar refractivity (Wildman–Crippen MR) is 118 cm³/mol. The lowest BCUT2D eigenvalue weighted by Crippen LogP contribution is -2.31. The van der Waals surface area contributed by atoms with Crippen LogP contribution in [0.15, 0.2) is 56.8 Å². The lowest BCUT2D eigenvalue weighted by molar-refractivity contribution is 0.0947. The van der Waals surface area contributed by atoms with Crippen LogP contribution in [0, 0.1) is 32.1 Å². The van der Waals surface area contributed by atoms with Gasteiger partial charge in [0.15, 0.2) is 5.69 Å². The molecule has 0 saturated carbocycles. The number of nitrogens with one attached hydrogen (secondary N) is 1. The highest BCUT2D eigenvalue weighted by Crippen LogP contribution is 2.14. The molecule has 0 saturated heterocycles. The molecule has 0 aliphatic heterocycles. The Bertz CT molecular complexity index is 1250. The van der Waals surface area contributed by atoms with Crippen LogP contribution in [0.3, 0.4) is 0 Å². The molecular weight excluding hydrogens is 446 g/mol. The molecule has 0 unspecified atom stereocenters. The number of benzene rings is 2. The number of aromatic nitrogens is 2. The molecule has 0 atom stereocenters. The van der Waals surface area contributed by atoms with Gasteiger partial charge in [-0.3, -0.25) is 9.59 Å². The SMILES string of the molecule is Cc1ccc(-n2nc(C(=O)N/N=C/c3ccc(Br)cc3)c(C)c(C#N)c2=O)cc1C. The second-order valence-corrected chi connectivity index (χ2v) is 7.61. The van der Waals surface area contributed by atoms with Gasteiger partial charge in [-0.25, -0.2) is 5.43 Å². The average Bonchev–Trinajstić information content (AvgIpc) is 2.72. The number of amides is 1. The Labute approximate surface area is 181 Å². The highest BCUT2D eigenvalue weighted by atomic mass is 79.9. The number of halogens is 1. The summed E-state index contributed by atoms with van der Waals surface area (Å²) in [5.74, 6) is -0.616. The van der Waals surface area contributed by atoms with E-state index in [0.29, 0.717) is 5.69 Å². The van der Waals surface area contributed by atoms with Crippen LogP contribution < -0.4 is 11.0 Å². The van der Waals surface area contributed by atoms with Gasteiger partial charge in [0, 0.05) is 10.0 Å². The van der Waals surface area contributed by atoms with E-state index in [1.54, 1.807) is 12.1 Å². The number of hydrogen-bond acceptors (Lipinski definition) is 5. The molecule has 0 bridgehead atoms. The van der Waals surface area contributed by atoms with Crippen LogP contribution in [0.1, 0.15) is 38.3 Å². The van der Waals surface area contributed by atoms with Gasteiger partial charge >= 0.3 is 0 Å². The minimum absolute atomic E-state index is 0.0441. The average molecular weight is 464 g/mol. The zero-order chi connectivity index (χ0) is 21.8. The summed E-state index contributed by atoms with van der Waals surface area (Å²) < 4.78 is 2.01. The van der Waals surface area contributed by atoms with Gasteiger partial charge in [0.05, 0.1) is 11.9 Å². The van der Waals surface area contributed by atoms with Crippen molar-refractivity contribution in [2.75, 3.05) is 0 Å². The van der Waals surface area contributed by atoms with E-state index in [0.717, 1.165) is 25.8 Å². The first-order chi connectivity index (χ1) is 14.3. The molecular formula is C22H18BrN5O2. The second-order valence-electron chi connectivity index (χ2n) is 6.70. The van der Waals surface area contributed by atoms with Crippen molar-refractivity contribution in [3.63, 3.8) is 0 Å². The van der Waals surface area contributed by atoms with Crippen LogP contribution in [-0.4, -0.2) is 21.9 Å². The van der Waals surface area contributed by atoms with Gasteiger partial charge in [0.2, 0.25) is 0 Å². The third-order valence-corrected chi connectivity index (χ3v) is 5.18. The molecule has 1 amide bonds. The number of aryl methyl sites for hydroxylation is 2. The highest BCUT2D eigenvalue weighted by Gasteiger charge is 2.20. The number of hydrazone groups is 1. The maximum atomic E-state index is 12.7. The molecule has 1 N–H and O–H groups in total. The number of hydrogen-bond donors (Lipinski definition) is 1. The number of rotatable bonds is 4. The van der Waals surface area contributed by atoms with Crippen molar-refractivity contribution in [3.8, 4) is 11.8 Å². The molecule has 0 spiro atoms. The molecule has 2 aromatic carbocycles. The van der Waals surface area contributed by atoms with Crippen LogP contribution in [0.4, 0.5) is 0 Å². The summed E-state index contributed by atoms with van der Waals surface area (Å²) in [4.78, 5) is 25.4. The van der Waals surface area contributed by atoms with E-state index >= 15 is 0 Å². The van der Waals surface area contributed by atoms with Crippen LogP contribution in [0.25, 0.3) is 5.69 Å². The van der Waals surface area contributed by atoms with Crippen molar-refractivity contribution in [2.24, 2.45) is 5.10 Å². The third kappa shape index (κ3) is 4.36. The van der Waals surface area contributed by atoms with Gasteiger partial charge in [-0.15, -0.1) is 0 Å². The Morgan fingerprint density at radius 3 is 2.50 bits per heavy atom.